The normalized spacial score (nSPS) is 17.2. The predicted octanol–water partition coefficient (Wildman–Crippen LogP) is 1.06. The molecule has 18 heavy (non-hydrogen) atoms. The predicted molar refractivity (Wildman–Crippen MR) is 58.3 cm³/mol. The van der Waals surface area contributed by atoms with Gasteiger partial charge in [-0.05, 0) is 26.3 Å². The van der Waals surface area contributed by atoms with Crippen molar-refractivity contribution in [3.05, 3.63) is 18.0 Å². The zero-order valence-electron chi connectivity index (χ0n) is 10.0. The summed E-state index contributed by atoms with van der Waals surface area (Å²) in [4.78, 5) is 11.0. The second-order valence-corrected chi connectivity index (χ2v) is 4.51. The number of hydrogen-bond acceptors (Lipinski definition) is 3. The quantitative estimate of drug-likeness (QED) is 0.852. The smallest absolute Gasteiger partial charge is 0.368 e. The molecule has 102 valence electrons. The van der Waals surface area contributed by atoms with E-state index in [0.717, 1.165) is 10.7 Å². The number of halogens is 3. The summed E-state index contributed by atoms with van der Waals surface area (Å²) in [5.41, 5.74) is 8.48. The van der Waals surface area contributed by atoms with E-state index >= 15 is 0 Å². The highest BCUT2D eigenvalue weighted by Crippen LogP contribution is 2.28. The van der Waals surface area contributed by atoms with E-state index in [4.69, 9.17) is 11.5 Å². The minimum Gasteiger partial charge on any atom is -0.368 e. The first-order valence-electron chi connectivity index (χ1n) is 5.25. The van der Waals surface area contributed by atoms with Gasteiger partial charge in [-0.15, -0.1) is 0 Å². The molecule has 5 nitrogen and oxygen atoms in total. The molecular formula is C10H15F3N4O. The molecule has 0 saturated carbocycles. The van der Waals surface area contributed by atoms with Gasteiger partial charge in [-0.25, -0.2) is 0 Å². The van der Waals surface area contributed by atoms with Crippen LogP contribution in [0.1, 0.15) is 32.0 Å². The SMILES string of the molecule is CC(CC(C)(N)C(N)=O)n1ccc(C(F)(F)F)n1. The molecule has 0 saturated heterocycles. The molecule has 1 rings (SSSR count). The molecule has 0 aliphatic heterocycles. The summed E-state index contributed by atoms with van der Waals surface area (Å²) in [5, 5.41) is 3.41. The molecule has 1 aromatic rings. The summed E-state index contributed by atoms with van der Waals surface area (Å²) in [6, 6.07) is 0.401. The molecule has 0 radical (unpaired) electrons. The van der Waals surface area contributed by atoms with Crippen LogP contribution in [-0.2, 0) is 11.0 Å². The Labute approximate surface area is 102 Å². The zero-order chi connectivity index (χ0) is 14.1. The van der Waals surface area contributed by atoms with Crippen molar-refractivity contribution in [1.29, 1.82) is 0 Å². The lowest BCUT2D eigenvalue weighted by atomic mass is 9.94. The van der Waals surface area contributed by atoms with Crippen molar-refractivity contribution in [3.63, 3.8) is 0 Å². The van der Waals surface area contributed by atoms with Crippen LogP contribution in [0.2, 0.25) is 0 Å². The molecule has 1 aromatic heterocycles. The lowest BCUT2D eigenvalue weighted by molar-refractivity contribution is -0.141. The minimum atomic E-state index is -4.49. The first-order valence-corrected chi connectivity index (χ1v) is 5.25. The number of carbonyl (C=O) groups is 1. The third kappa shape index (κ3) is 3.22. The molecule has 0 bridgehead atoms. The summed E-state index contributed by atoms with van der Waals surface area (Å²) in [6.07, 6.45) is -3.19. The van der Waals surface area contributed by atoms with Crippen LogP contribution in [0, 0.1) is 0 Å². The lowest BCUT2D eigenvalue weighted by Crippen LogP contribution is -2.50. The Hall–Kier alpha value is -1.57. The molecular weight excluding hydrogens is 249 g/mol. The monoisotopic (exact) mass is 264 g/mol. The van der Waals surface area contributed by atoms with E-state index in [-0.39, 0.29) is 6.42 Å². The molecule has 2 atom stereocenters. The number of aromatic nitrogens is 2. The van der Waals surface area contributed by atoms with Gasteiger partial charge < -0.3 is 11.5 Å². The van der Waals surface area contributed by atoms with Gasteiger partial charge in [0.1, 0.15) is 0 Å². The Morgan fingerprint density at radius 3 is 2.50 bits per heavy atom. The van der Waals surface area contributed by atoms with Crippen molar-refractivity contribution in [2.45, 2.75) is 38.0 Å². The average Bonchev–Trinajstić information content (AvgIpc) is 2.64. The molecule has 1 heterocycles. The zero-order valence-corrected chi connectivity index (χ0v) is 10.0. The van der Waals surface area contributed by atoms with E-state index < -0.39 is 29.4 Å². The summed E-state index contributed by atoms with van der Waals surface area (Å²) in [5.74, 6) is -0.711. The second-order valence-electron chi connectivity index (χ2n) is 4.51. The van der Waals surface area contributed by atoms with Crippen LogP contribution in [-0.4, -0.2) is 21.2 Å². The van der Waals surface area contributed by atoms with Crippen molar-refractivity contribution >= 4 is 5.91 Å². The number of nitrogens with zero attached hydrogens (tertiary/aromatic N) is 2. The molecule has 0 aromatic carbocycles. The summed E-state index contributed by atoms with van der Waals surface area (Å²) in [6.45, 7) is 3.04. The van der Waals surface area contributed by atoms with Crippen molar-refractivity contribution in [1.82, 2.24) is 9.78 Å². The molecule has 8 heteroatoms. The summed E-state index contributed by atoms with van der Waals surface area (Å²) >= 11 is 0. The fraction of sp³-hybridized carbons (Fsp3) is 0.600. The molecule has 0 spiro atoms. The highest BCUT2D eigenvalue weighted by Gasteiger charge is 2.35. The van der Waals surface area contributed by atoms with E-state index in [2.05, 4.69) is 5.10 Å². The molecule has 0 fully saturated rings. The Morgan fingerprint density at radius 2 is 2.11 bits per heavy atom. The Morgan fingerprint density at radius 1 is 1.56 bits per heavy atom. The van der Waals surface area contributed by atoms with Gasteiger partial charge >= 0.3 is 6.18 Å². The standard InChI is InChI=1S/C10H15F3N4O/c1-6(5-9(2,15)8(14)18)17-4-3-7(16-17)10(11,12)13/h3-4,6H,5,15H2,1-2H3,(H2,14,18). The Balaban J connectivity index is 2.83. The van der Waals surface area contributed by atoms with Gasteiger partial charge in [-0.3, -0.25) is 9.48 Å². The molecule has 0 aliphatic carbocycles. The fourth-order valence-electron chi connectivity index (χ4n) is 1.54. The maximum atomic E-state index is 12.4. The molecule has 2 unspecified atom stereocenters. The third-order valence-corrected chi connectivity index (χ3v) is 2.63. The fourth-order valence-corrected chi connectivity index (χ4v) is 1.54. The molecule has 0 aliphatic rings. The number of alkyl halides is 3. The van der Waals surface area contributed by atoms with Crippen LogP contribution in [0.3, 0.4) is 0 Å². The summed E-state index contributed by atoms with van der Waals surface area (Å²) in [7, 11) is 0. The van der Waals surface area contributed by atoms with Crippen LogP contribution in [0.5, 0.6) is 0 Å². The number of amides is 1. The largest absolute Gasteiger partial charge is 0.435 e. The highest BCUT2D eigenvalue weighted by molar-refractivity contribution is 5.83. The van der Waals surface area contributed by atoms with Crippen LogP contribution < -0.4 is 11.5 Å². The van der Waals surface area contributed by atoms with Gasteiger partial charge in [0, 0.05) is 6.20 Å². The number of primary amides is 1. The van der Waals surface area contributed by atoms with E-state index in [1.54, 1.807) is 6.92 Å². The average molecular weight is 264 g/mol. The number of carbonyl (C=O) groups excluding carboxylic acids is 1. The number of nitrogens with two attached hydrogens (primary N) is 2. The van der Waals surface area contributed by atoms with Crippen LogP contribution in [0.4, 0.5) is 13.2 Å². The van der Waals surface area contributed by atoms with Gasteiger partial charge in [0.2, 0.25) is 5.91 Å². The van der Waals surface area contributed by atoms with Gasteiger partial charge in [0.05, 0.1) is 11.6 Å². The van der Waals surface area contributed by atoms with Gasteiger partial charge in [-0.1, -0.05) is 0 Å². The Bertz CT molecular complexity index is 439. The van der Waals surface area contributed by atoms with E-state index in [0.29, 0.717) is 0 Å². The topological polar surface area (TPSA) is 86.9 Å². The van der Waals surface area contributed by atoms with Gasteiger partial charge in [-0.2, -0.15) is 18.3 Å². The number of rotatable bonds is 4. The Kier molecular flexibility index (Phi) is 3.70. The minimum absolute atomic E-state index is 0.0985. The van der Waals surface area contributed by atoms with Crippen LogP contribution in [0.15, 0.2) is 12.3 Å². The van der Waals surface area contributed by atoms with Gasteiger partial charge in [0.15, 0.2) is 5.69 Å². The van der Waals surface area contributed by atoms with Crippen molar-refractivity contribution in [2.24, 2.45) is 11.5 Å². The maximum absolute atomic E-state index is 12.4. The van der Waals surface area contributed by atoms with E-state index in [1.807, 2.05) is 0 Å². The van der Waals surface area contributed by atoms with Crippen molar-refractivity contribution < 1.29 is 18.0 Å². The first-order chi connectivity index (χ1) is 8.04. The van der Waals surface area contributed by atoms with Gasteiger partial charge in [0.25, 0.3) is 0 Å². The highest BCUT2D eigenvalue weighted by atomic mass is 19.4. The number of hydrogen-bond donors (Lipinski definition) is 2. The first kappa shape index (κ1) is 14.5. The maximum Gasteiger partial charge on any atom is 0.435 e. The van der Waals surface area contributed by atoms with E-state index in [9.17, 15) is 18.0 Å². The van der Waals surface area contributed by atoms with E-state index in [1.165, 1.54) is 13.1 Å². The van der Waals surface area contributed by atoms with Crippen molar-refractivity contribution in [2.75, 3.05) is 0 Å². The van der Waals surface area contributed by atoms with Crippen LogP contribution in [0.25, 0.3) is 0 Å². The van der Waals surface area contributed by atoms with Crippen molar-refractivity contribution in [3.8, 4) is 0 Å². The molecule has 4 N–H and O–H groups in total. The third-order valence-electron chi connectivity index (χ3n) is 2.63. The molecule has 1 amide bonds. The van der Waals surface area contributed by atoms with Crippen LogP contribution >= 0.6 is 0 Å². The second kappa shape index (κ2) is 4.60. The summed E-state index contributed by atoms with van der Waals surface area (Å²) < 4.78 is 38.2. The lowest BCUT2D eigenvalue weighted by Gasteiger charge is -2.24.